The highest BCUT2D eigenvalue weighted by molar-refractivity contribution is 4.95. The molecule has 0 atom stereocenters. The highest BCUT2D eigenvalue weighted by Gasteiger charge is 2.01. The molecule has 1 heteroatoms. The molecule has 0 spiro atoms. The van der Waals surface area contributed by atoms with E-state index in [0.29, 0.717) is 25.5 Å². The highest BCUT2D eigenvalue weighted by Crippen LogP contribution is 2.15. The van der Waals surface area contributed by atoms with E-state index in [2.05, 4.69) is 0 Å². The third kappa shape index (κ3) is 2.42. The summed E-state index contributed by atoms with van der Waals surface area (Å²) in [5.41, 5.74) is 0. The third-order valence-electron chi connectivity index (χ3n) is 1.39. The van der Waals surface area contributed by atoms with Crippen molar-refractivity contribution in [1.82, 2.24) is 0 Å². The topological polar surface area (TPSA) is 9.23 Å². The second-order valence-corrected chi connectivity index (χ2v) is 2.38. The molecule has 0 N–H and O–H groups in total. The quantitative estimate of drug-likeness (QED) is 0.590. The molecule has 0 aliphatic carbocycles. The summed E-state index contributed by atoms with van der Waals surface area (Å²) >= 11 is 0. The Hall–Kier alpha value is -0.460. The molecule has 0 radical (unpaired) electrons. The minimum absolute atomic E-state index is 0.264. The minimum atomic E-state index is -1.44. The second-order valence-electron chi connectivity index (χ2n) is 2.38. The van der Waals surface area contributed by atoms with Crippen LogP contribution in [-0.4, -0.2) is 6.61 Å². The fourth-order valence-corrected chi connectivity index (χ4v) is 0.851. The predicted molar refractivity (Wildman–Crippen MR) is 42.8 cm³/mol. The van der Waals surface area contributed by atoms with Crippen LogP contribution in [0.1, 0.15) is 43.1 Å². The van der Waals surface area contributed by atoms with Crippen LogP contribution in [0.2, 0.25) is 0 Å². The van der Waals surface area contributed by atoms with E-state index in [4.69, 9.17) is 8.85 Å². The molecule has 1 aliphatic heterocycles. The van der Waals surface area contributed by atoms with E-state index >= 15 is 0 Å². The van der Waals surface area contributed by atoms with Gasteiger partial charge in [-0.15, -0.1) is 0 Å². The molecule has 1 nitrogen and oxygen atoms in total. The maximum absolute atomic E-state index is 7.71. The minimum Gasteiger partial charge on any atom is -0.498 e. The molecule has 0 saturated carbocycles. The van der Waals surface area contributed by atoms with Crippen molar-refractivity contribution in [2.24, 2.45) is 0 Å². The fraction of sp³-hybridized carbons (Fsp3) is 0.778. The molecule has 0 fully saturated rings. The molecule has 0 unspecified atom stereocenters. The summed E-state index contributed by atoms with van der Waals surface area (Å²) in [7, 11) is 0. The van der Waals surface area contributed by atoms with Gasteiger partial charge in [-0.3, -0.25) is 0 Å². The van der Waals surface area contributed by atoms with Crippen LogP contribution in [0.25, 0.3) is 0 Å². The van der Waals surface area contributed by atoms with Crippen molar-refractivity contribution in [3.8, 4) is 0 Å². The van der Waals surface area contributed by atoms with Gasteiger partial charge in [-0.25, -0.2) is 0 Å². The van der Waals surface area contributed by atoms with Gasteiger partial charge in [0.1, 0.15) is 0 Å². The molecule has 0 bridgehead atoms. The van der Waals surface area contributed by atoms with Crippen LogP contribution >= 0.6 is 0 Å². The van der Waals surface area contributed by atoms with Gasteiger partial charge in [0.15, 0.2) is 0 Å². The Morgan fingerprint density at radius 3 is 3.50 bits per heavy atom. The number of ether oxygens (including phenoxy) is 1. The van der Waals surface area contributed by atoms with E-state index < -0.39 is 6.37 Å². The average Bonchev–Trinajstić information content (AvgIpc) is 2.04. The van der Waals surface area contributed by atoms with Gasteiger partial charge in [-0.2, -0.15) is 0 Å². The zero-order chi connectivity index (χ0) is 9.90. The van der Waals surface area contributed by atoms with Gasteiger partial charge >= 0.3 is 0 Å². The van der Waals surface area contributed by atoms with Crippen LogP contribution in [0, 0.1) is 0 Å². The van der Waals surface area contributed by atoms with Crippen molar-refractivity contribution in [3.05, 3.63) is 11.8 Å². The maximum Gasteiger partial charge on any atom is 0.0919 e. The number of rotatable bonds is 3. The van der Waals surface area contributed by atoms with Crippen molar-refractivity contribution in [2.75, 3.05) is 6.61 Å². The summed E-state index contributed by atoms with van der Waals surface area (Å²) in [5, 5.41) is 0. The SMILES string of the molecule is [2H]C1=C(C([2H])([2H])CCC)OCCC1. The molecule has 0 saturated heterocycles. The van der Waals surface area contributed by atoms with E-state index in [9.17, 15) is 0 Å². The van der Waals surface area contributed by atoms with Crippen LogP contribution < -0.4 is 0 Å². The lowest BCUT2D eigenvalue weighted by Crippen LogP contribution is -2.00. The molecule has 10 heavy (non-hydrogen) atoms. The van der Waals surface area contributed by atoms with E-state index in [1.807, 2.05) is 6.92 Å². The fourth-order valence-electron chi connectivity index (χ4n) is 0.851. The standard InChI is InChI=1S/C9H16O/c1-2-3-6-9-7-4-5-8-10-9/h7H,2-6,8H2,1H3/i6D2,7D. The van der Waals surface area contributed by atoms with Crippen LogP contribution in [0.3, 0.4) is 0 Å². The molecular weight excluding hydrogens is 124 g/mol. The summed E-state index contributed by atoms with van der Waals surface area (Å²) in [6, 6.07) is 0.338. The molecule has 1 rings (SSSR count). The van der Waals surface area contributed by atoms with E-state index in [-0.39, 0.29) is 5.76 Å². The smallest absolute Gasteiger partial charge is 0.0919 e. The van der Waals surface area contributed by atoms with Gasteiger partial charge < -0.3 is 4.74 Å². The number of hydrogen-bond acceptors (Lipinski definition) is 1. The Bertz CT molecular complexity index is 211. The van der Waals surface area contributed by atoms with Crippen LogP contribution in [0.4, 0.5) is 0 Å². The van der Waals surface area contributed by atoms with Crippen LogP contribution in [0.5, 0.6) is 0 Å². The van der Waals surface area contributed by atoms with Crippen molar-refractivity contribution in [3.63, 3.8) is 0 Å². The van der Waals surface area contributed by atoms with Crippen molar-refractivity contribution in [1.29, 1.82) is 0 Å². The average molecular weight is 143 g/mol. The van der Waals surface area contributed by atoms with Gasteiger partial charge in [0.05, 0.1) is 13.7 Å². The molecule has 1 aliphatic rings. The first-order chi connectivity index (χ1) is 6.08. The van der Waals surface area contributed by atoms with Gasteiger partial charge in [-0.05, 0) is 25.3 Å². The summed E-state index contributed by atoms with van der Waals surface area (Å²) in [6.45, 7) is 2.49. The Kier molecular flexibility index (Phi) is 1.93. The normalized spacial score (nSPS) is 24.7. The first-order valence-electron chi connectivity index (χ1n) is 5.41. The van der Waals surface area contributed by atoms with Crippen molar-refractivity contribution in [2.45, 2.75) is 39.0 Å². The lowest BCUT2D eigenvalue weighted by Gasteiger charge is -2.13. The van der Waals surface area contributed by atoms with Gasteiger partial charge in [0, 0.05) is 9.11 Å². The van der Waals surface area contributed by atoms with E-state index in [0.717, 1.165) is 12.8 Å². The van der Waals surface area contributed by atoms with Crippen LogP contribution in [0.15, 0.2) is 11.8 Å². The summed E-state index contributed by atoms with van der Waals surface area (Å²) in [4.78, 5) is 0. The Morgan fingerprint density at radius 1 is 1.90 bits per heavy atom. The van der Waals surface area contributed by atoms with E-state index in [1.165, 1.54) is 0 Å². The highest BCUT2D eigenvalue weighted by atomic mass is 16.5. The number of allylic oxidation sites excluding steroid dienone is 2. The summed E-state index contributed by atoms with van der Waals surface area (Å²) in [6.07, 6.45) is 1.26. The zero-order valence-corrected chi connectivity index (χ0v) is 6.44. The predicted octanol–water partition coefficient (Wildman–Crippen LogP) is 2.87. The summed E-state index contributed by atoms with van der Waals surface area (Å²) in [5.74, 6) is 0.264. The first kappa shape index (κ1) is 4.42. The Balaban J connectivity index is 2.78. The summed E-state index contributed by atoms with van der Waals surface area (Å²) < 4.78 is 28.2. The molecule has 0 aromatic rings. The second kappa shape index (κ2) is 4.37. The van der Waals surface area contributed by atoms with Gasteiger partial charge in [0.25, 0.3) is 0 Å². The van der Waals surface area contributed by atoms with E-state index in [1.54, 1.807) is 0 Å². The molecular formula is C9H16O. The molecule has 0 amide bonds. The third-order valence-corrected chi connectivity index (χ3v) is 1.39. The van der Waals surface area contributed by atoms with Gasteiger partial charge in [-0.1, -0.05) is 13.3 Å². The lowest BCUT2D eigenvalue weighted by atomic mass is 10.1. The first-order valence-corrected chi connectivity index (χ1v) is 3.91. The Labute approximate surface area is 67.3 Å². The number of hydrogen-bond donors (Lipinski definition) is 0. The molecule has 0 aromatic heterocycles. The lowest BCUT2D eigenvalue weighted by molar-refractivity contribution is 0.182. The molecule has 58 valence electrons. The van der Waals surface area contributed by atoms with Crippen molar-refractivity contribution >= 4 is 0 Å². The Morgan fingerprint density at radius 2 is 2.80 bits per heavy atom. The van der Waals surface area contributed by atoms with Crippen molar-refractivity contribution < 1.29 is 8.85 Å². The monoisotopic (exact) mass is 143 g/mol. The van der Waals surface area contributed by atoms with Gasteiger partial charge in [0.2, 0.25) is 0 Å². The molecule has 0 aromatic carbocycles. The van der Waals surface area contributed by atoms with Crippen LogP contribution in [-0.2, 0) is 4.74 Å². The maximum atomic E-state index is 7.71. The molecule has 1 heterocycles. The zero-order valence-electron chi connectivity index (χ0n) is 9.44. The largest absolute Gasteiger partial charge is 0.498 e.